The zero-order chi connectivity index (χ0) is 10.8. The number of hydrogen-bond donors (Lipinski definition) is 2. The molecule has 1 aliphatic rings. The van der Waals surface area contributed by atoms with Crippen molar-refractivity contribution in [3.8, 4) is 0 Å². The monoisotopic (exact) mass is 228 g/mol. The first kappa shape index (κ1) is 11.8. The van der Waals surface area contributed by atoms with Gasteiger partial charge in [-0.05, 0) is 32.4 Å². The first-order valence-electron chi connectivity index (χ1n) is 4.43. The van der Waals surface area contributed by atoms with Crippen molar-refractivity contribution in [2.75, 3.05) is 13.1 Å². The summed E-state index contributed by atoms with van der Waals surface area (Å²) in [6.45, 7) is 3.09. The van der Waals surface area contributed by atoms with Gasteiger partial charge in [0.05, 0.1) is 0 Å². The van der Waals surface area contributed by atoms with Crippen LogP contribution in [0.1, 0.15) is 13.3 Å². The van der Waals surface area contributed by atoms with E-state index in [4.69, 9.17) is 0 Å². The van der Waals surface area contributed by atoms with Crippen molar-refractivity contribution in [3.63, 3.8) is 0 Å². The molecule has 0 bridgehead atoms. The summed E-state index contributed by atoms with van der Waals surface area (Å²) in [5, 5.41) is 3.05. The zero-order valence-electron chi connectivity index (χ0n) is 7.83. The lowest BCUT2D eigenvalue weighted by molar-refractivity contribution is 0.230. The Kier molecular flexibility index (Phi) is 3.79. The molecule has 0 aromatic rings. The average molecular weight is 228 g/mol. The van der Waals surface area contributed by atoms with E-state index in [-0.39, 0.29) is 5.92 Å². The third-order valence-electron chi connectivity index (χ3n) is 2.39. The van der Waals surface area contributed by atoms with E-state index in [2.05, 4.69) is 5.32 Å². The molecule has 0 aliphatic carbocycles. The molecule has 2 atom stereocenters. The third-order valence-corrected chi connectivity index (χ3v) is 3.56. The molecule has 4 nitrogen and oxygen atoms in total. The zero-order valence-corrected chi connectivity index (χ0v) is 8.65. The van der Waals surface area contributed by atoms with Gasteiger partial charge in [-0.15, -0.1) is 0 Å². The molecule has 0 aromatic heterocycles. The minimum Gasteiger partial charge on any atom is -0.316 e. The molecule has 0 saturated carbocycles. The molecule has 1 rings (SSSR count). The van der Waals surface area contributed by atoms with Gasteiger partial charge in [0.25, 0.3) is 10.0 Å². The van der Waals surface area contributed by atoms with Gasteiger partial charge in [0.2, 0.25) is 0 Å². The maximum absolute atomic E-state index is 12.0. The fourth-order valence-electron chi connectivity index (χ4n) is 1.51. The van der Waals surface area contributed by atoms with E-state index >= 15 is 0 Å². The van der Waals surface area contributed by atoms with Crippen molar-refractivity contribution < 1.29 is 17.2 Å². The Morgan fingerprint density at radius 3 is 2.57 bits per heavy atom. The molecule has 2 N–H and O–H groups in total. The lowest BCUT2D eigenvalue weighted by Gasteiger charge is -2.19. The van der Waals surface area contributed by atoms with Crippen LogP contribution in [-0.2, 0) is 10.0 Å². The Morgan fingerprint density at radius 2 is 2.14 bits per heavy atom. The lowest BCUT2D eigenvalue weighted by Crippen LogP contribution is -2.41. The lowest BCUT2D eigenvalue weighted by atomic mass is 10.0. The van der Waals surface area contributed by atoms with Crippen molar-refractivity contribution in [3.05, 3.63) is 0 Å². The fraction of sp³-hybridized carbons (Fsp3) is 1.00. The highest BCUT2D eigenvalue weighted by Gasteiger charge is 2.30. The van der Waals surface area contributed by atoms with E-state index in [1.807, 2.05) is 4.72 Å². The molecule has 2 unspecified atom stereocenters. The number of sulfonamides is 1. The van der Waals surface area contributed by atoms with E-state index in [9.17, 15) is 17.2 Å². The standard InChI is InChI=1S/C7H14F2N2O2S/c1-5(6-2-3-10-4-6)11-14(12,13)7(8)9/h5-7,10-11H,2-4H2,1H3. The van der Waals surface area contributed by atoms with Gasteiger partial charge in [0.15, 0.2) is 0 Å². The van der Waals surface area contributed by atoms with E-state index in [0.717, 1.165) is 13.0 Å². The summed E-state index contributed by atoms with van der Waals surface area (Å²) in [4.78, 5) is 0. The highest BCUT2D eigenvalue weighted by molar-refractivity contribution is 7.89. The summed E-state index contributed by atoms with van der Waals surface area (Å²) in [6, 6.07) is -0.441. The van der Waals surface area contributed by atoms with Crippen LogP contribution in [-0.4, -0.2) is 33.3 Å². The van der Waals surface area contributed by atoms with Crippen LogP contribution >= 0.6 is 0 Å². The van der Waals surface area contributed by atoms with Crippen LogP contribution in [0.3, 0.4) is 0 Å². The van der Waals surface area contributed by atoms with Gasteiger partial charge in [-0.25, -0.2) is 13.1 Å². The molecule has 0 spiro atoms. The second-order valence-corrected chi connectivity index (χ2v) is 5.15. The second-order valence-electron chi connectivity index (χ2n) is 3.47. The highest BCUT2D eigenvalue weighted by atomic mass is 32.2. The summed E-state index contributed by atoms with van der Waals surface area (Å²) >= 11 is 0. The Bertz CT molecular complexity index is 275. The van der Waals surface area contributed by atoms with Gasteiger partial charge in [0.1, 0.15) is 0 Å². The number of rotatable bonds is 4. The molecule has 1 saturated heterocycles. The Morgan fingerprint density at radius 1 is 1.50 bits per heavy atom. The first-order valence-corrected chi connectivity index (χ1v) is 5.98. The van der Waals surface area contributed by atoms with Crippen LogP contribution in [0.25, 0.3) is 0 Å². The fourth-order valence-corrected chi connectivity index (χ4v) is 2.32. The van der Waals surface area contributed by atoms with Crippen LogP contribution in [0, 0.1) is 5.92 Å². The van der Waals surface area contributed by atoms with Gasteiger partial charge in [0, 0.05) is 6.04 Å². The van der Waals surface area contributed by atoms with Crippen LogP contribution < -0.4 is 10.0 Å². The predicted octanol–water partition coefficient (Wildman–Crippen LogP) is 0.126. The Balaban J connectivity index is 2.51. The van der Waals surface area contributed by atoms with Crippen molar-refractivity contribution in [2.45, 2.75) is 25.1 Å². The molecular formula is C7H14F2N2O2S. The molecular weight excluding hydrogens is 214 g/mol. The summed E-state index contributed by atoms with van der Waals surface area (Å²) in [5.41, 5.74) is 0. The molecule has 84 valence electrons. The van der Waals surface area contributed by atoms with Gasteiger partial charge < -0.3 is 5.32 Å². The third kappa shape index (κ3) is 2.86. The van der Waals surface area contributed by atoms with E-state index < -0.39 is 21.8 Å². The molecule has 0 aromatic carbocycles. The van der Waals surface area contributed by atoms with Crippen LogP contribution in [0.15, 0.2) is 0 Å². The summed E-state index contributed by atoms with van der Waals surface area (Å²) < 4.78 is 47.6. The molecule has 14 heavy (non-hydrogen) atoms. The smallest absolute Gasteiger partial charge is 0.316 e. The summed E-state index contributed by atoms with van der Waals surface area (Å²) in [5.74, 6) is -3.25. The van der Waals surface area contributed by atoms with Crippen molar-refractivity contribution in [1.29, 1.82) is 0 Å². The molecule has 1 heterocycles. The molecule has 1 aliphatic heterocycles. The van der Waals surface area contributed by atoms with Gasteiger partial charge in [-0.3, -0.25) is 0 Å². The van der Waals surface area contributed by atoms with Crippen LogP contribution in [0.2, 0.25) is 0 Å². The second kappa shape index (κ2) is 4.50. The van der Waals surface area contributed by atoms with E-state index in [0.29, 0.717) is 6.54 Å². The molecule has 1 fully saturated rings. The Labute approximate surface area is 82.1 Å². The number of nitrogens with one attached hydrogen (secondary N) is 2. The van der Waals surface area contributed by atoms with Gasteiger partial charge in [-0.2, -0.15) is 8.78 Å². The van der Waals surface area contributed by atoms with Crippen molar-refractivity contribution in [2.24, 2.45) is 5.92 Å². The minimum absolute atomic E-state index is 0.100. The highest BCUT2D eigenvalue weighted by Crippen LogP contribution is 2.14. The SMILES string of the molecule is CC(NS(=O)(=O)C(F)F)C1CCNC1. The van der Waals surface area contributed by atoms with E-state index in [1.165, 1.54) is 0 Å². The first-order chi connectivity index (χ1) is 6.43. The molecule has 0 radical (unpaired) electrons. The quantitative estimate of drug-likeness (QED) is 0.719. The van der Waals surface area contributed by atoms with Crippen molar-refractivity contribution >= 4 is 10.0 Å². The maximum Gasteiger partial charge on any atom is 0.350 e. The Hall–Kier alpha value is -0.270. The van der Waals surface area contributed by atoms with E-state index in [1.54, 1.807) is 6.92 Å². The summed E-state index contributed by atoms with van der Waals surface area (Å²) in [7, 11) is -4.45. The predicted molar refractivity (Wildman–Crippen MR) is 48.5 cm³/mol. The largest absolute Gasteiger partial charge is 0.350 e. The maximum atomic E-state index is 12.0. The molecule has 7 heteroatoms. The minimum atomic E-state index is -4.45. The van der Waals surface area contributed by atoms with Crippen LogP contribution in [0.5, 0.6) is 0 Å². The van der Waals surface area contributed by atoms with Crippen LogP contribution in [0.4, 0.5) is 8.78 Å². The van der Waals surface area contributed by atoms with Gasteiger partial charge >= 0.3 is 5.76 Å². The normalized spacial score (nSPS) is 25.6. The van der Waals surface area contributed by atoms with Gasteiger partial charge in [-0.1, -0.05) is 0 Å². The average Bonchev–Trinajstić information content (AvgIpc) is 2.54. The number of hydrogen-bond acceptors (Lipinski definition) is 3. The number of halogens is 2. The molecule has 0 amide bonds. The number of alkyl halides is 2. The van der Waals surface area contributed by atoms with Crippen molar-refractivity contribution in [1.82, 2.24) is 10.0 Å². The topological polar surface area (TPSA) is 58.2 Å². The summed E-state index contributed by atoms with van der Waals surface area (Å²) in [6.07, 6.45) is 0.812.